The van der Waals surface area contributed by atoms with Gasteiger partial charge in [-0.1, -0.05) is 11.8 Å². The molecule has 2 bridgehead atoms. The van der Waals surface area contributed by atoms with Crippen LogP contribution in [0.3, 0.4) is 0 Å². The van der Waals surface area contributed by atoms with Crippen LogP contribution in [0.2, 0.25) is 0 Å². The van der Waals surface area contributed by atoms with Crippen molar-refractivity contribution in [3.8, 4) is 0 Å². The molecule has 2 fully saturated rings. The van der Waals surface area contributed by atoms with E-state index in [0.717, 1.165) is 52.1 Å². The zero-order valence-electron chi connectivity index (χ0n) is 14.2. The van der Waals surface area contributed by atoms with E-state index in [-0.39, 0.29) is 41.4 Å². The Labute approximate surface area is 153 Å². The molecule has 0 saturated carbocycles. The molecule has 3 aliphatic heterocycles. The number of hydrogen-bond acceptors (Lipinski definition) is 6. The van der Waals surface area contributed by atoms with Crippen LogP contribution in [0.1, 0.15) is 35.8 Å². The van der Waals surface area contributed by atoms with Crippen molar-refractivity contribution in [1.82, 2.24) is 24.4 Å². The van der Waals surface area contributed by atoms with Gasteiger partial charge in [0.05, 0.1) is 23.2 Å². The van der Waals surface area contributed by atoms with E-state index < -0.39 is 0 Å². The zero-order valence-corrected chi connectivity index (χ0v) is 15.0. The van der Waals surface area contributed by atoms with Crippen molar-refractivity contribution in [3.05, 3.63) is 29.2 Å². The van der Waals surface area contributed by atoms with Crippen LogP contribution in [0.25, 0.3) is 5.65 Å². The lowest BCUT2D eigenvalue weighted by Gasteiger charge is -2.36. The Balaban J connectivity index is 1.48. The number of aromatic nitrogens is 3. The third kappa shape index (κ3) is 2.19. The van der Waals surface area contributed by atoms with E-state index in [1.807, 2.05) is 28.6 Å². The lowest BCUT2D eigenvalue weighted by atomic mass is 9.99. The number of fused-ring (bicyclic) bond motifs is 6. The van der Waals surface area contributed by atoms with Crippen LogP contribution in [0, 0.1) is 6.92 Å². The summed E-state index contributed by atoms with van der Waals surface area (Å²) in [5.41, 5.74) is 3.88. The highest BCUT2D eigenvalue weighted by atomic mass is 32.2. The molecule has 26 heavy (non-hydrogen) atoms. The monoisotopic (exact) mass is 371 g/mol. The molecule has 2 aromatic heterocycles. The Morgan fingerprint density at radius 2 is 2.19 bits per heavy atom. The predicted octanol–water partition coefficient (Wildman–Crippen LogP) is 1.32. The molecule has 2 aromatic rings. The van der Waals surface area contributed by atoms with E-state index in [2.05, 4.69) is 10.1 Å². The fourth-order valence-corrected chi connectivity index (χ4v) is 5.06. The summed E-state index contributed by atoms with van der Waals surface area (Å²) in [6.07, 6.45) is 4.34. The summed E-state index contributed by atoms with van der Waals surface area (Å²) < 4.78 is 1.89. The highest BCUT2D eigenvalue weighted by Crippen LogP contribution is 2.43. The number of carbonyl (C=O) groups excluding carboxylic acids is 3. The first-order valence-electron chi connectivity index (χ1n) is 8.65. The third-order valence-corrected chi connectivity index (χ3v) is 6.31. The van der Waals surface area contributed by atoms with Crippen LogP contribution in [0.15, 0.2) is 12.3 Å². The number of amides is 3. The number of hydrogen-bond donors (Lipinski definition) is 0. The van der Waals surface area contributed by atoms with E-state index >= 15 is 0 Å². The van der Waals surface area contributed by atoms with Crippen molar-refractivity contribution in [2.45, 2.75) is 38.3 Å². The maximum absolute atomic E-state index is 12.9. The highest BCUT2D eigenvalue weighted by molar-refractivity contribution is 8.14. The summed E-state index contributed by atoms with van der Waals surface area (Å²) in [4.78, 5) is 44.0. The van der Waals surface area contributed by atoms with Crippen LogP contribution in [0.5, 0.6) is 0 Å². The molecule has 0 spiro atoms. The molecule has 134 valence electrons. The second-order valence-corrected chi connectivity index (χ2v) is 7.93. The fourth-order valence-electron chi connectivity index (χ4n) is 4.33. The van der Waals surface area contributed by atoms with E-state index in [1.165, 1.54) is 0 Å². The minimum atomic E-state index is -0.330. The van der Waals surface area contributed by atoms with Gasteiger partial charge >= 0.3 is 0 Å². The molecule has 0 unspecified atom stereocenters. The number of nitrogens with zero attached hydrogens (tertiary/aromatic N) is 5. The third-order valence-electron chi connectivity index (χ3n) is 5.45. The van der Waals surface area contributed by atoms with E-state index in [0.29, 0.717) is 6.42 Å². The normalized spacial score (nSPS) is 24.7. The summed E-state index contributed by atoms with van der Waals surface area (Å²) in [5.74, 6) is -0.319. The zero-order chi connectivity index (χ0) is 18.0. The first-order valence-corrected chi connectivity index (χ1v) is 9.64. The SMILES string of the molecule is Cc1cc2ncc3c(n2n1)C[C@@H]1CC[C@H]3N1C(=O)CN1C(=O)CSC1=O. The van der Waals surface area contributed by atoms with Crippen LogP contribution >= 0.6 is 11.8 Å². The Bertz CT molecular complexity index is 955. The number of thioether (sulfide) groups is 1. The van der Waals surface area contributed by atoms with Crippen molar-refractivity contribution in [2.24, 2.45) is 0 Å². The topological polar surface area (TPSA) is 87.9 Å². The van der Waals surface area contributed by atoms with Gasteiger partial charge in [0.1, 0.15) is 6.54 Å². The molecule has 0 radical (unpaired) electrons. The molecule has 0 N–H and O–H groups in total. The molecule has 0 aliphatic carbocycles. The number of carbonyl (C=O) groups is 3. The van der Waals surface area contributed by atoms with Gasteiger partial charge < -0.3 is 4.90 Å². The first kappa shape index (κ1) is 15.8. The minimum Gasteiger partial charge on any atom is -0.331 e. The molecule has 3 amide bonds. The van der Waals surface area contributed by atoms with Crippen molar-refractivity contribution in [1.29, 1.82) is 0 Å². The quantitative estimate of drug-likeness (QED) is 0.791. The summed E-state index contributed by atoms with van der Waals surface area (Å²) in [7, 11) is 0. The summed E-state index contributed by atoms with van der Waals surface area (Å²) in [6.45, 7) is 1.78. The number of imide groups is 1. The molecule has 2 atom stereocenters. The average Bonchev–Trinajstić information content (AvgIpc) is 3.25. The molecule has 9 heteroatoms. The molecular weight excluding hydrogens is 354 g/mol. The van der Waals surface area contributed by atoms with Crippen molar-refractivity contribution in [2.75, 3.05) is 12.3 Å². The van der Waals surface area contributed by atoms with Gasteiger partial charge in [0.25, 0.3) is 5.24 Å². The van der Waals surface area contributed by atoms with Gasteiger partial charge in [-0.05, 0) is 19.8 Å². The Morgan fingerprint density at radius 1 is 1.35 bits per heavy atom. The Kier molecular flexibility index (Phi) is 3.37. The molecule has 0 aromatic carbocycles. The van der Waals surface area contributed by atoms with Crippen LogP contribution in [0.4, 0.5) is 4.79 Å². The lowest BCUT2D eigenvalue weighted by Crippen LogP contribution is -2.48. The van der Waals surface area contributed by atoms with E-state index in [9.17, 15) is 14.4 Å². The second-order valence-electron chi connectivity index (χ2n) is 7.00. The molecule has 3 aliphatic rings. The number of aryl methyl sites for hydroxylation is 1. The van der Waals surface area contributed by atoms with Crippen LogP contribution < -0.4 is 0 Å². The molecule has 2 saturated heterocycles. The molecular formula is C17H17N5O3S. The second kappa shape index (κ2) is 5.54. The highest BCUT2D eigenvalue weighted by Gasteiger charge is 2.45. The van der Waals surface area contributed by atoms with Crippen LogP contribution in [-0.2, 0) is 16.0 Å². The van der Waals surface area contributed by atoms with Gasteiger partial charge in [0.2, 0.25) is 11.8 Å². The molecule has 5 heterocycles. The molecule has 8 nitrogen and oxygen atoms in total. The van der Waals surface area contributed by atoms with E-state index in [4.69, 9.17) is 0 Å². The standard InChI is InChI=1S/C17H17N5O3S/c1-9-4-14-18-6-11-12-3-2-10(5-13(11)22(14)19-9)21(12)15(23)7-20-16(24)8-26-17(20)25/h4,6,10,12H,2-3,5,7-8H2,1H3/t10-,12+/m0/s1. The lowest BCUT2D eigenvalue weighted by molar-refractivity contribution is -0.139. The van der Waals surface area contributed by atoms with Gasteiger partial charge in [-0.2, -0.15) is 5.10 Å². The van der Waals surface area contributed by atoms with Gasteiger partial charge in [-0.15, -0.1) is 0 Å². The van der Waals surface area contributed by atoms with Crippen molar-refractivity contribution >= 4 is 34.5 Å². The summed E-state index contributed by atoms with van der Waals surface area (Å²) in [6, 6.07) is 1.97. The maximum atomic E-state index is 12.9. The van der Waals surface area contributed by atoms with Gasteiger partial charge in [-0.25, -0.2) is 9.50 Å². The van der Waals surface area contributed by atoms with Crippen LogP contribution in [-0.4, -0.2) is 59.8 Å². The first-order chi connectivity index (χ1) is 12.5. The Hall–Kier alpha value is -2.42. The largest absolute Gasteiger partial charge is 0.331 e. The maximum Gasteiger partial charge on any atom is 0.289 e. The average molecular weight is 371 g/mol. The summed E-state index contributed by atoms with van der Waals surface area (Å²) >= 11 is 0.957. The Morgan fingerprint density at radius 3 is 2.96 bits per heavy atom. The van der Waals surface area contributed by atoms with E-state index in [1.54, 1.807) is 0 Å². The van der Waals surface area contributed by atoms with Gasteiger partial charge in [0.15, 0.2) is 5.65 Å². The van der Waals surface area contributed by atoms with Crippen molar-refractivity contribution < 1.29 is 14.4 Å². The predicted molar refractivity (Wildman–Crippen MR) is 93.6 cm³/mol. The minimum absolute atomic E-state index is 0.0573. The fraction of sp³-hybridized carbons (Fsp3) is 0.471. The van der Waals surface area contributed by atoms with Gasteiger partial charge in [0, 0.05) is 30.3 Å². The van der Waals surface area contributed by atoms with Gasteiger partial charge in [-0.3, -0.25) is 19.3 Å². The smallest absolute Gasteiger partial charge is 0.289 e. The molecule has 5 rings (SSSR count). The number of rotatable bonds is 2. The van der Waals surface area contributed by atoms with Crippen molar-refractivity contribution in [3.63, 3.8) is 0 Å². The summed E-state index contributed by atoms with van der Waals surface area (Å²) in [5, 5.41) is 4.22.